The summed E-state index contributed by atoms with van der Waals surface area (Å²) >= 11 is 0. The number of carbonyl (C=O) groups is 1. The third-order valence-electron chi connectivity index (χ3n) is 3.46. The minimum atomic E-state index is -0.509. The Balaban J connectivity index is 2.22. The second-order valence-corrected chi connectivity index (χ2v) is 4.92. The van der Waals surface area contributed by atoms with Crippen LogP contribution in [0.5, 0.6) is 0 Å². The lowest BCUT2D eigenvalue weighted by Gasteiger charge is -2.38. The molecule has 0 amide bonds. The van der Waals surface area contributed by atoms with Crippen LogP contribution in [-0.4, -0.2) is 24.8 Å². The van der Waals surface area contributed by atoms with Crippen LogP contribution in [0.3, 0.4) is 0 Å². The standard InChI is InChI=1S/C15H20O3/c1-12(2)14(16)18-15(8-10-17-11-9-15)13-6-4-3-5-7-13/h4,6-7H,1,3,5,8-11H2,2H3. The molecule has 3 heteroatoms. The van der Waals surface area contributed by atoms with Crippen LogP contribution in [0.4, 0.5) is 0 Å². The van der Waals surface area contributed by atoms with Gasteiger partial charge in [-0.15, -0.1) is 0 Å². The van der Waals surface area contributed by atoms with E-state index in [1.165, 1.54) is 0 Å². The van der Waals surface area contributed by atoms with E-state index in [-0.39, 0.29) is 5.97 Å². The van der Waals surface area contributed by atoms with Gasteiger partial charge in [0.25, 0.3) is 0 Å². The number of ether oxygens (including phenoxy) is 2. The first-order valence-electron chi connectivity index (χ1n) is 6.48. The lowest BCUT2D eigenvalue weighted by molar-refractivity contribution is -0.158. The molecule has 18 heavy (non-hydrogen) atoms. The molecule has 0 aromatic carbocycles. The first-order chi connectivity index (χ1) is 8.64. The van der Waals surface area contributed by atoms with Crippen LogP contribution in [-0.2, 0) is 14.3 Å². The highest BCUT2D eigenvalue weighted by Crippen LogP contribution is 2.36. The predicted molar refractivity (Wildman–Crippen MR) is 70.1 cm³/mol. The van der Waals surface area contributed by atoms with Crippen molar-refractivity contribution in [2.75, 3.05) is 13.2 Å². The molecule has 98 valence electrons. The number of rotatable bonds is 3. The summed E-state index contributed by atoms with van der Waals surface area (Å²) in [5.41, 5.74) is 1.05. The van der Waals surface area contributed by atoms with Crippen LogP contribution in [0.15, 0.2) is 36.0 Å². The van der Waals surface area contributed by atoms with Gasteiger partial charge in [-0.3, -0.25) is 0 Å². The van der Waals surface area contributed by atoms with Crippen LogP contribution in [0.25, 0.3) is 0 Å². The molecule has 2 rings (SSSR count). The van der Waals surface area contributed by atoms with Gasteiger partial charge in [0.2, 0.25) is 0 Å². The predicted octanol–water partition coefficient (Wildman–Crippen LogP) is 2.93. The van der Waals surface area contributed by atoms with Gasteiger partial charge in [-0.2, -0.15) is 0 Å². The van der Waals surface area contributed by atoms with Crippen molar-refractivity contribution in [3.05, 3.63) is 36.0 Å². The van der Waals surface area contributed by atoms with Crippen molar-refractivity contribution in [3.63, 3.8) is 0 Å². The van der Waals surface area contributed by atoms with Crippen LogP contribution in [0, 0.1) is 0 Å². The molecule has 0 bridgehead atoms. The maximum atomic E-state index is 11.8. The summed E-state index contributed by atoms with van der Waals surface area (Å²) in [6.07, 6.45) is 9.92. The number of hydrogen-bond acceptors (Lipinski definition) is 3. The molecule has 3 nitrogen and oxygen atoms in total. The van der Waals surface area contributed by atoms with Gasteiger partial charge >= 0.3 is 5.97 Å². The highest BCUT2D eigenvalue weighted by Gasteiger charge is 2.39. The molecule has 0 spiro atoms. The van der Waals surface area contributed by atoms with Gasteiger partial charge in [0, 0.05) is 18.4 Å². The zero-order chi connectivity index (χ0) is 13.0. The Bertz CT molecular complexity index is 398. The van der Waals surface area contributed by atoms with Crippen molar-refractivity contribution in [1.29, 1.82) is 0 Å². The average molecular weight is 248 g/mol. The van der Waals surface area contributed by atoms with E-state index in [1.807, 2.05) is 0 Å². The highest BCUT2D eigenvalue weighted by atomic mass is 16.6. The molecule has 1 heterocycles. The molecule has 0 aromatic rings. The van der Waals surface area contributed by atoms with Crippen molar-refractivity contribution in [3.8, 4) is 0 Å². The fourth-order valence-corrected chi connectivity index (χ4v) is 2.37. The molecular formula is C15H20O3. The summed E-state index contributed by atoms with van der Waals surface area (Å²) in [5, 5.41) is 0. The number of allylic oxidation sites excluding steroid dienone is 2. The Hall–Kier alpha value is -1.35. The van der Waals surface area contributed by atoms with Crippen molar-refractivity contribution in [1.82, 2.24) is 0 Å². The zero-order valence-corrected chi connectivity index (χ0v) is 10.9. The monoisotopic (exact) mass is 248 g/mol. The Morgan fingerprint density at radius 1 is 1.39 bits per heavy atom. The first kappa shape index (κ1) is 13.1. The van der Waals surface area contributed by atoms with E-state index in [1.54, 1.807) is 6.92 Å². The molecule has 0 aromatic heterocycles. The van der Waals surface area contributed by atoms with Crippen LogP contribution < -0.4 is 0 Å². The second kappa shape index (κ2) is 5.53. The Morgan fingerprint density at radius 2 is 2.11 bits per heavy atom. The normalized spacial score (nSPS) is 22.2. The molecule has 1 fully saturated rings. The van der Waals surface area contributed by atoms with Crippen molar-refractivity contribution in [2.45, 2.75) is 38.2 Å². The van der Waals surface area contributed by atoms with Gasteiger partial charge in [0.05, 0.1) is 13.2 Å². The minimum absolute atomic E-state index is 0.309. The molecule has 0 unspecified atom stereocenters. The van der Waals surface area contributed by atoms with Crippen molar-refractivity contribution >= 4 is 5.97 Å². The fraction of sp³-hybridized carbons (Fsp3) is 0.533. The maximum absolute atomic E-state index is 11.8. The quantitative estimate of drug-likeness (QED) is 0.569. The fourth-order valence-electron chi connectivity index (χ4n) is 2.37. The van der Waals surface area contributed by atoms with E-state index in [0.717, 1.165) is 31.3 Å². The van der Waals surface area contributed by atoms with E-state index < -0.39 is 5.60 Å². The summed E-state index contributed by atoms with van der Waals surface area (Å²) in [6.45, 7) is 6.60. The maximum Gasteiger partial charge on any atom is 0.334 e. The molecule has 0 radical (unpaired) electrons. The summed E-state index contributed by atoms with van der Waals surface area (Å²) < 4.78 is 11.1. The third kappa shape index (κ3) is 2.72. The van der Waals surface area contributed by atoms with E-state index in [9.17, 15) is 4.79 Å². The lowest BCUT2D eigenvalue weighted by Crippen LogP contribution is -2.42. The topological polar surface area (TPSA) is 35.5 Å². The van der Waals surface area contributed by atoms with Crippen LogP contribution >= 0.6 is 0 Å². The average Bonchev–Trinajstić information content (AvgIpc) is 2.40. The minimum Gasteiger partial charge on any atom is -0.451 e. The number of hydrogen-bond donors (Lipinski definition) is 0. The third-order valence-corrected chi connectivity index (χ3v) is 3.46. The second-order valence-electron chi connectivity index (χ2n) is 4.92. The van der Waals surface area contributed by atoms with E-state index in [4.69, 9.17) is 9.47 Å². The smallest absolute Gasteiger partial charge is 0.334 e. The van der Waals surface area contributed by atoms with Gasteiger partial charge in [0.15, 0.2) is 0 Å². The van der Waals surface area contributed by atoms with Crippen molar-refractivity contribution in [2.24, 2.45) is 0 Å². The molecular weight excluding hydrogens is 228 g/mol. The van der Waals surface area contributed by atoms with Crippen molar-refractivity contribution < 1.29 is 14.3 Å². The van der Waals surface area contributed by atoms with Gasteiger partial charge in [-0.1, -0.05) is 24.8 Å². The summed E-state index contributed by atoms with van der Waals surface area (Å²) in [4.78, 5) is 11.8. The van der Waals surface area contributed by atoms with Gasteiger partial charge in [-0.25, -0.2) is 4.79 Å². The molecule has 1 aliphatic carbocycles. The van der Waals surface area contributed by atoms with E-state index >= 15 is 0 Å². The highest BCUT2D eigenvalue weighted by molar-refractivity contribution is 5.87. The largest absolute Gasteiger partial charge is 0.451 e. The van der Waals surface area contributed by atoms with Gasteiger partial charge in [-0.05, 0) is 25.3 Å². The van der Waals surface area contributed by atoms with Gasteiger partial charge in [0.1, 0.15) is 5.60 Å². The SMILES string of the molecule is C=C(C)C(=O)OC1(C2=CCCC=C2)CCOCC1. The molecule has 0 saturated carbocycles. The summed E-state index contributed by atoms with van der Waals surface area (Å²) in [5.74, 6) is -0.309. The van der Waals surface area contributed by atoms with E-state index in [0.29, 0.717) is 18.8 Å². The molecule has 1 saturated heterocycles. The Kier molecular flexibility index (Phi) is 4.02. The lowest BCUT2D eigenvalue weighted by atomic mass is 9.83. The first-order valence-corrected chi connectivity index (χ1v) is 6.48. The van der Waals surface area contributed by atoms with Crippen LogP contribution in [0.2, 0.25) is 0 Å². The molecule has 1 aliphatic heterocycles. The Morgan fingerprint density at radius 3 is 2.67 bits per heavy atom. The van der Waals surface area contributed by atoms with E-state index in [2.05, 4.69) is 24.8 Å². The van der Waals surface area contributed by atoms with Crippen LogP contribution in [0.1, 0.15) is 32.6 Å². The number of carbonyl (C=O) groups excluding carboxylic acids is 1. The molecule has 0 N–H and O–H groups in total. The number of esters is 1. The molecule has 2 aliphatic rings. The van der Waals surface area contributed by atoms with Gasteiger partial charge < -0.3 is 9.47 Å². The zero-order valence-electron chi connectivity index (χ0n) is 10.9. The Labute approximate surface area is 108 Å². The summed E-state index contributed by atoms with van der Waals surface area (Å²) in [6, 6.07) is 0. The molecule has 0 atom stereocenters. The summed E-state index contributed by atoms with van der Waals surface area (Å²) in [7, 11) is 0.